The lowest BCUT2D eigenvalue weighted by molar-refractivity contribution is -0.142. The molecule has 0 aromatic heterocycles. The van der Waals surface area contributed by atoms with Gasteiger partial charge in [0, 0.05) is 0 Å². The van der Waals surface area contributed by atoms with Crippen molar-refractivity contribution in [1.29, 1.82) is 0 Å². The van der Waals surface area contributed by atoms with E-state index in [9.17, 15) is 24.3 Å². The lowest BCUT2D eigenvalue weighted by Gasteiger charge is -2.28. The van der Waals surface area contributed by atoms with Crippen molar-refractivity contribution < 1.29 is 24.3 Å². The van der Waals surface area contributed by atoms with E-state index in [1.54, 1.807) is 0 Å². The van der Waals surface area contributed by atoms with Gasteiger partial charge in [0.1, 0.15) is 18.1 Å². The van der Waals surface area contributed by atoms with Crippen LogP contribution in [0.15, 0.2) is 30.3 Å². The van der Waals surface area contributed by atoms with Crippen molar-refractivity contribution in [2.45, 2.75) is 90.4 Å². The van der Waals surface area contributed by atoms with Crippen LogP contribution < -0.4 is 27.4 Å². The molecule has 0 aliphatic carbocycles. The maximum atomic E-state index is 13.3. The number of amides is 3. The second kappa shape index (κ2) is 16.7. The summed E-state index contributed by atoms with van der Waals surface area (Å²) >= 11 is 0. The quantitative estimate of drug-likeness (QED) is 0.168. The third kappa shape index (κ3) is 11.7. The van der Waals surface area contributed by atoms with Crippen LogP contribution >= 0.6 is 0 Å². The Bertz CT molecular complexity index is 864. The molecule has 208 valence electrons. The van der Waals surface area contributed by atoms with E-state index < -0.39 is 47.9 Å². The molecule has 0 saturated carbocycles. The first-order chi connectivity index (χ1) is 17.5. The van der Waals surface area contributed by atoms with Crippen LogP contribution in [0.1, 0.15) is 65.4 Å². The Morgan fingerprint density at radius 1 is 0.892 bits per heavy atom. The van der Waals surface area contributed by atoms with Crippen molar-refractivity contribution in [3.63, 3.8) is 0 Å². The monoisotopic (exact) mass is 519 g/mol. The summed E-state index contributed by atoms with van der Waals surface area (Å²) in [4.78, 5) is 50.9. The lowest BCUT2D eigenvalue weighted by Crippen LogP contribution is -2.59. The summed E-state index contributed by atoms with van der Waals surface area (Å²) < 4.78 is 0. The van der Waals surface area contributed by atoms with Gasteiger partial charge in [-0.15, -0.1) is 0 Å². The third-order valence-electron chi connectivity index (χ3n) is 6.33. The van der Waals surface area contributed by atoms with Gasteiger partial charge in [0.05, 0.1) is 6.04 Å². The van der Waals surface area contributed by atoms with Gasteiger partial charge in [-0.25, -0.2) is 4.79 Å². The summed E-state index contributed by atoms with van der Waals surface area (Å²) in [5.41, 5.74) is 12.5. The molecule has 1 rings (SSSR count). The maximum Gasteiger partial charge on any atom is 0.326 e. The molecule has 0 aliphatic heterocycles. The molecule has 0 heterocycles. The standard InChI is InChI=1S/C27H45N5O5/c1-5-18(4)23(32-24(33)20(29)16-19-11-7-6-8-12-19)26(35)31-22(15-17(2)3)25(34)30-21(27(36)37)13-9-10-14-28/h6-8,11-12,17-18,20-23H,5,9-10,13-16,28-29H2,1-4H3,(H,30,34)(H,31,35)(H,32,33)(H,36,37). The van der Waals surface area contributed by atoms with Crippen LogP contribution in [0, 0.1) is 11.8 Å². The first kappa shape index (κ1) is 32.0. The summed E-state index contributed by atoms with van der Waals surface area (Å²) in [5, 5.41) is 17.6. The summed E-state index contributed by atoms with van der Waals surface area (Å²) in [6, 6.07) is 5.58. The molecule has 1 aromatic carbocycles. The number of nitrogens with one attached hydrogen (secondary N) is 3. The lowest BCUT2D eigenvalue weighted by atomic mass is 9.96. The molecule has 3 amide bonds. The van der Waals surface area contributed by atoms with Crippen LogP contribution in [0.5, 0.6) is 0 Å². The number of benzene rings is 1. The van der Waals surface area contributed by atoms with E-state index in [0.717, 1.165) is 5.56 Å². The molecule has 0 spiro atoms. The topological polar surface area (TPSA) is 177 Å². The molecule has 5 atom stereocenters. The highest BCUT2D eigenvalue weighted by Crippen LogP contribution is 2.12. The Balaban J connectivity index is 2.95. The number of carbonyl (C=O) groups excluding carboxylic acids is 3. The van der Waals surface area contributed by atoms with Crippen molar-refractivity contribution >= 4 is 23.7 Å². The predicted octanol–water partition coefficient (Wildman–Crippen LogP) is 1.32. The Kier molecular flexibility index (Phi) is 14.5. The SMILES string of the molecule is CCC(C)C(NC(=O)C(N)Cc1ccccc1)C(=O)NC(CC(C)C)C(=O)NC(CCCCN)C(=O)O. The van der Waals surface area contributed by atoms with Gasteiger partial charge >= 0.3 is 5.97 Å². The van der Waals surface area contributed by atoms with Crippen LogP contribution in [0.2, 0.25) is 0 Å². The van der Waals surface area contributed by atoms with Gasteiger partial charge in [-0.3, -0.25) is 14.4 Å². The normalized spacial score (nSPS) is 15.2. The van der Waals surface area contributed by atoms with E-state index >= 15 is 0 Å². The van der Waals surface area contributed by atoms with Crippen LogP contribution in [-0.4, -0.2) is 59.5 Å². The number of carboxylic acid groups (broad SMARTS) is 1. The smallest absolute Gasteiger partial charge is 0.326 e. The van der Waals surface area contributed by atoms with Gasteiger partial charge in [0.25, 0.3) is 0 Å². The first-order valence-electron chi connectivity index (χ1n) is 13.1. The maximum absolute atomic E-state index is 13.3. The number of rotatable bonds is 17. The van der Waals surface area contributed by atoms with Crippen molar-refractivity contribution in [3.8, 4) is 0 Å². The number of hydrogen-bond acceptors (Lipinski definition) is 6. The van der Waals surface area contributed by atoms with Crippen molar-refractivity contribution in [1.82, 2.24) is 16.0 Å². The minimum Gasteiger partial charge on any atom is -0.480 e. The van der Waals surface area contributed by atoms with Crippen LogP contribution in [0.4, 0.5) is 0 Å². The van der Waals surface area contributed by atoms with Crippen molar-refractivity contribution in [2.75, 3.05) is 6.54 Å². The van der Waals surface area contributed by atoms with E-state index in [2.05, 4.69) is 16.0 Å². The van der Waals surface area contributed by atoms with Crippen molar-refractivity contribution in [3.05, 3.63) is 35.9 Å². The van der Waals surface area contributed by atoms with E-state index in [-0.39, 0.29) is 18.3 Å². The molecule has 0 bridgehead atoms. The highest BCUT2D eigenvalue weighted by Gasteiger charge is 2.32. The Morgan fingerprint density at radius 3 is 2.05 bits per heavy atom. The van der Waals surface area contributed by atoms with E-state index in [4.69, 9.17) is 11.5 Å². The summed E-state index contributed by atoms with van der Waals surface area (Å²) in [6.45, 7) is 7.97. The first-order valence-corrected chi connectivity index (χ1v) is 13.1. The highest BCUT2D eigenvalue weighted by atomic mass is 16.4. The number of unbranched alkanes of at least 4 members (excludes halogenated alkanes) is 1. The average Bonchev–Trinajstić information content (AvgIpc) is 2.85. The van der Waals surface area contributed by atoms with E-state index in [0.29, 0.717) is 38.6 Å². The number of nitrogens with two attached hydrogens (primary N) is 2. The fourth-order valence-corrected chi connectivity index (χ4v) is 3.91. The summed E-state index contributed by atoms with van der Waals surface area (Å²) in [5.74, 6) is -2.86. The molecular weight excluding hydrogens is 474 g/mol. The van der Waals surface area contributed by atoms with Crippen LogP contribution in [0.25, 0.3) is 0 Å². The number of aliphatic carboxylic acids is 1. The second-order valence-corrected chi connectivity index (χ2v) is 10.0. The van der Waals surface area contributed by atoms with E-state index in [1.807, 2.05) is 58.0 Å². The highest BCUT2D eigenvalue weighted by molar-refractivity contribution is 5.94. The number of carboxylic acids is 1. The largest absolute Gasteiger partial charge is 0.480 e. The molecule has 1 aromatic rings. The van der Waals surface area contributed by atoms with Gasteiger partial charge < -0.3 is 32.5 Å². The molecule has 0 radical (unpaired) electrons. The minimum atomic E-state index is -1.14. The van der Waals surface area contributed by atoms with E-state index in [1.165, 1.54) is 0 Å². The minimum absolute atomic E-state index is 0.0486. The van der Waals surface area contributed by atoms with Crippen molar-refractivity contribution in [2.24, 2.45) is 23.3 Å². The summed E-state index contributed by atoms with van der Waals surface area (Å²) in [7, 11) is 0. The fraction of sp³-hybridized carbons (Fsp3) is 0.630. The third-order valence-corrected chi connectivity index (χ3v) is 6.33. The van der Waals surface area contributed by atoms with Gasteiger partial charge in [0.15, 0.2) is 0 Å². The van der Waals surface area contributed by atoms with Gasteiger partial charge in [-0.05, 0) is 56.0 Å². The second-order valence-electron chi connectivity index (χ2n) is 10.0. The zero-order valence-corrected chi connectivity index (χ0v) is 22.5. The van der Waals surface area contributed by atoms with Crippen LogP contribution in [0.3, 0.4) is 0 Å². The molecule has 0 aliphatic rings. The number of hydrogen-bond donors (Lipinski definition) is 6. The number of carbonyl (C=O) groups is 4. The average molecular weight is 520 g/mol. The molecule has 0 fully saturated rings. The Hall–Kier alpha value is -2.98. The molecule has 5 unspecified atom stereocenters. The zero-order chi connectivity index (χ0) is 28.0. The molecule has 10 heteroatoms. The molecule has 10 nitrogen and oxygen atoms in total. The Labute approximate surface area is 220 Å². The molecule has 0 saturated heterocycles. The van der Waals surface area contributed by atoms with Gasteiger partial charge in [-0.1, -0.05) is 64.4 Å². The summed E-state index contributed by atoms with van der Waals surface area (Å²) in [6.07, 6.45) is 2.68. The fourth-order valence-electron chi connectivity index (χ4n) is 3.91. The van der Waals surface area contributed by atoms with Gasteiger partial charge in [0.2, 0.25) is 17.7 Å². The Morgan fingerprint density at radius 2 is 1.51 bits per heavy atom. The predicted molar refractivity (Wildman–Crippen MR) is 143 cm³/mol. The molecular formula is C27H45N5O5. The van der Waals surface area contributed by atoms with Gasteiger partial charge in [-0.2, -0.15) is 0 Å². The molecule has 8 N–H and O–H groups in total. The van der Waals surface area contributed by atoms with Crippen LogP contribution in [-0.2, 0) is 25.6 Å². The zero-order valence-electron chi connectivity index (χ0n) is 22.5. The molecule has 37 heavy (non-hydrogen) atoms.